The number of nitrogens with zero attached hydrogens (tertiary/aromatic N) is 1. The number of amides is 1. The minimum atomic E-state index is -1.11. The molecule has 1 heterocycles. The van der Waals surface area contributed by atoms with Gasteiger partial charge in [-0.2, -0.15) is 0 Å². The Balaban J connectivity index is 2.21. The van der Waals surface area contributed by atoms with Crippen molar-refractivity contribution in [1.82, 2.24) is 4.90 Å². The number of ether oxygens (including phenoxy) is 2. The van der Waals surface area contributed by atoms with Crippen molar-refractivity contribution in [3.63, 3.8) is 0 Å². The third-order valence-electron chi connectivity index (χ3n) is 3.34. The van der Waals surface area contributed by atoms with Gasteiger partial charge in [0.05, 0.1) is 17.9 Å². The summed E-state index contributed by atoms with van der Waals surface area (Å²) < 4.78 is 11.0. The second kappa shape index (κ2) is 9.38. The molecule has 1 aromatic rings. The Morgan fingerprint density at radius 2 is 1.96 bits per heavy atom. The van der Waals surface area contributed by atoms with Crippen molar-refractivity contribution >= 4 is 52.2 Å². The van der Waals surface area contributed by atoms with Crippen molar-refractivity contribution in [1.29, 1.82) is 0 Å². The van der Waals surface area contributed by atoms with Crippen LogP contribution in [0.3, 0.4) is 0 Å². The van der Waals surface area contributed by atoms with Crippen molar-refractivity contribution in [2.24, 2.45) is 0 Å². The van der Waals surface area contributed by atoms with Crippen LogP contribution in [0.5, 0.6) is 11.5 Å². The largest absolute Gasteiger partial charge is 0.490 e. The lowest BCUT2D eigenvalue weighted by Crippen LogP contribution is -2.30. The van der Waals surface area contributed by atoms with E-state index >= 15 is 0 Å². The number of carboxylic acids is 2. The molecule has 0 unspecified atom stereocenters. The van der Waals surface area contributed by atoms with Crippen molar-refractivity contribution in [3.8, 4) is 11.5 Å². The molecular weight excluding hydrogens is 394 g/mol. The van der Waals surface area contributed by atoms with Gasteiger partial charge in [0.15, 0.2) is 18.1 Å². The highest BCUT2D eigenvalue weighted by molar-refractivity contribution is 8.26. The SMILES string of the molecule is CCOc1cc(C=C2SC(=S)N(CCC(=O)O)C2=O)ccc1OCC(=O)O. The number of rotatable bonds is 9. The molecule has 1 amide bonds. The Kier molecular flexibility index (Phi) is 7.19. The van der Waals surface area contributed by atoms with Crippen LogP contribution in [0.25, 0.3) is 6.08 Å². The fourth-order valence-electron chi connectivity index (χ4n) is 2.19. The first kappa shape index (κ1) is 20.7. The lowest BCUT2D eigenvalue weighted by molar-refractivity contribution is -0.139. The maximum atomic E-state index is 12.4. The molecular formula is C17H17NO7S2. The van der Waals surface area contributed by atoms with E-state index in [2.05, 4.69) is 0 Å². The monoisotopic (exact) mass is 411 g/mol. The van der Waals surface area contributed by atoms with E-state index in [9.17, 15) is 14.4 Å². The van der Waals surface area contributed by atoms with Crippen molar-refractivity contribution in [2.45, 2.75) is 13.3 Å². The summed E-state index contributed by atoms with van der Waals surface area (Å²) in [6.45, 7) is 1.65. The van der Waals surface area contributed by atoms with Crippen molar-refractivity contribution in [3.05, 3.63) is 28.7 Å². The molecule has 1 aliphatic heterocycles. The van der Waals surface area contributed by atoms with E-state index in [4.69, 9.17) is 31.9 Å². The fourth-order valence-corrected chi connectivity index (χ4v) is 3.50. The number of carbonyl (C=O) groups excluding carboxylic acids is 1. The van der Waals surface area contributed by atoms with Gasteiger partial charge < -0.3 is 19.7 Å². The molecule has 1 aliphatic rings. The molecule has 1 saturated heterocycles. The highest BCUT2D eigenvalue weighted by Gasteiger charge is 2.32. The summed E-state index contributed by atoms with van der Waals surface area (Å²) in [4.78, 5) is 35.4. The van der Waals surface area contributed by atoms with Gasteiger partial charge in [-0.25, -0.2) is 4.79 Å². The fraction of sp³-hybridized carbons (Fsp3) is 0.294. The quantitative estimate of drug-likeness (QED) is 0.466. The Morgan fingerprint density at radius 3 is 2.59 bits per heavy atom. The summed E-state index contributed by atoms with van der Waals surface area (Å²) in [7, 11) is 0. The number of hydrogen-bond acceptors (Lipinski definition) is 7. The summed E-state index contributed by atoms with van der Waals surface area (Å²) in [5.74, 6) is -1.83. The lowest BCUT2D eigenvalue weighted by atomic mass is 10.2. The van der Waals surface area contributed by atoms with Gasteiger partial charge in [-0.05, 0) is 30.7 Å². The topological polar surface area (TPSA) is 113 Å². The normalized spacial score (nSPS) is 15.3. The predicted molar refractivity (Wildman–Crippen MR) is 103 cm³/mol. The minimum Gasteiger partial charge on any atom is -0.490 e. The Hall–Kier alpha value is -2.59. The van der Waals surface area contributed by atoms with Gasteiger partial charge in [0, 0.05) is 6.54 Å². The molecule has 0 radical (unpaired) electrons. The highest BCUT2D eigenvalue weighted by atomic mass is 32.2. The minimum absolute atomic E-state index is 0.0174. The van der Waals surface area contributed by atoms with Crippen LogP contribution in [0.4, 0.5) is 0 Å². The Bertz CT molecular complexity index is 806. The Labute approximate surface area is 164 Å². The molecule has 27 heavy (non-hydrogen) atoms. The van der Waals surface area contributed by atoms with Crippen molar-refractivity contribution in [2.75, 3.05) is 19.8 Å². The third-order valence-corrected chi connectivity index (χ3v) is 4.72. The zero-order valence-corrected chi connectivity index (χ0v) is 16.0. The van der Waals surface area contributed by atoms with E-state index in [1.54, 1.807) is 31.2 Å². The van der Waals surface area contributed by atoms with Crippen LogP contribution in [0, 0.1) is 0 Å². The number of carboxylic acid groups (broad SMARTS) is 2. The average molecular weight is 411 g/mol. The first-order chi connectivity index (χ1) is 12.8. The maximum Gasteiger partial charge on any atom is 0.341 e. The van der Waals surface area contributed by atoms with Gasteiger partial charge in [-0.3, -0.25) is 14.5 Å². The number of carbonyl (C=O) groups is 3. The third kappa shape index (κ3) is 5.69. The molecule has 0 aromatic heterocycles. The summed E-state index contributed by atoms with van der Waals surface area (Å²) >= 11 is 6.24. The molecule has 8 nitrogen and oxygen atoms in total. The van der Waals surface area contributed by atoms with Gasteiger partial charge in [0.25, 0.3) is 5.91 Å². The Morgan fingerprint density at radius 1 is 1.22 bits per heavy atom. The van der Waals surface area contributed by atoms with E-state index in [0.29, 0.717) is 27.1 Å². The second-order valence-corrected chi connectivity index (χ2v) is 6.97. The lowest BCUT2D eigenvalue weighted by Gasteiger charge is -2.12. The van der Waals surface area contributed by atoms with E-state index in [-0.39, 0.29) is 24.6 Å². The number of thiocarbonyl (C=S) groups is 1. The van der Waals surface area contributed by atoms with E-state index in [0.717, 1.165) is 11.8 Å². The van der Waals surface area contributed by atoms with Gasteiger partial charge in [0.1, 0.15) is 4.32 Å². The molecule has 1 aromatic carbocycles. The molecule has 0 saturated carbocycles. The number of benzene rings is 1. The number of hydrogen-bond donors (Lipinski definition) is 2. The second-order valence-electron chi connectivity index (χ2n) is 5.30. The van der Waals surface area contributed by atoms with Gasteiger partial charge >= 0.3 is 11.9 Å². The number of thioether (sulfide) groups is 1. The van der Waals surface area contributed by atoms with Crippen LogP contribution < -0.4 is 9.47 Å². The van der Waals surface area contributed by atoms with Gasteiger partial charge in [0.2, 0.25) is 0 Å². The molecule has 144 valence electrons. The average Bonchev–Trinajstić information content (AvgIpc) is 2.86. The standard InChI is InChI=1S/C17H17NO7S2/c1-2-24-12-7-10(3-4-11(12)25-9-15(21)22)8-13-16(23)18(17(26)27-13)6-5-14(19)20/h3-4,7-8H,2,5-6,9H2,1H3,(H,19,20)(H,21,22). The summed E-state index contributed by atoms with van der Waals surface area (Å²) in [6.07, 6.45) is 1.42. The molecule has 2 N–H and O–H groups in total. The van der Waals surface area contributed by atoms with Crippen LogP contribution in [0.2, 0.25) is 0 Å². The van der Waals surface area contributed by atoms with E-state index in [1.165, 1.54) is 4.90 Å². The van der Waals surface area contributed by atoms with E-state index in [1.807, 2.05) is 0 Å². The number of aliphatic carboxylic acids is 2. The van der Waals surface area contributed by atoms with Crippen LogP contribution in [-0.4, -0.2) is 57.0 Å². The zero-order chi connectivity index (χ0) is 20.0. The van der Waals surface area contributed by atoms with E-state index < -0.39 is 18.5 Å². The first-order valence-electron chi connectivity index (χ1n) is 7.90. The molecule has 0 aliphatic carbocycles. The molecule has 0 atom stereocenters. The zero-order valence-electron chi connectivity index (χ0n) is 14.3. The van der Waals surface area contributed by atoms with Crippen LogP contribution >= 0.6 is 24.0 Å². The van der Waals surface area contributed by atoms with Crippen LogP contribution in [-0.2, 0) is 14.4 Å². The molecule has 0 spiro atoms. The summed E-state index contributed by atoms with van der Waals surface area (Å²) in [5, 5.41) is 17.5. The smallest absolute Gasteiger partial charge is 0.341 e. The molecule has 0 bridgehead atoms. The van der Waals surface area contributed by atoms with Gasteiger partial charge in [-0.15, -0.1) is 0 Å². The highest BCUT2D eigenvalue weighted by Crippen LogP contribution is 2.35. The van der Waals surface area contributed by atoms with Gasteiger partial charge in [-0.1, -0.05) is 30.0 Å². The molecule has 10 heteroatoms. The molecule has 2 rings (SSSR count). The maximum absolute atomic E-state index is 12.4. The van der Waals surface area contributed by atoms with Crippen LogP contribution in [0.15, 0.2) is 23.1 Å². The summed E-state index contributed by atoms with van der Waals surface area (Å²) in [5.41, 5.74) is 0.639. The van der Waals surface area contributed by atoms with Crippen LogP contribution in [0.1, 0.15) is 18.9 Å². The predicted octanol–water partition coefficient (Wildman–Crippen LogP) is 2.22. The molecule has 1 fully saturated rings. The summed E-state index contributed by atoms with van der Waals surface area (Å²) in [6, 6.07) is 4.85. The first-order valence-corrected chi connectivity index (χ1v) is 9.13. The van der Waals surface area contributed by atoms with Crippen molar-refractivity contribution < 1.29 is 34.1 Å².